The first-order valence-corrected chi connectivity index (χ1v) is 7.18. The summed E-state index contributed by atoms with van der Waals surface area (Å²) >= 11 is 6.30. The van der Waals surface area contributed by atoms with Crippen molar-refractivity contribution >= 4 is 22.6 Å². The molecule has 3 unspecified atom stereocenters. The van der Waals surface area contributed by atoms with Crippen LogP contribution in [0.4, 0.5) is 0 Å². The van der Waals surface area contributed by atoms with Gasteiger partial charge in [-0.3, -0.25) is 0 Å². The summed E-state index contributed by atoms with van der Waals surface area (Å²) in [6.45, 7) is 6.38. The lowest BCUT2D eigenvalue weighted by atomic mass is 10.2. The first-order valence-electron chi connectivity index (χ1n) is 6.74. The maximum Gasteiger partial charge on any atom is 0.127 e. The molecular weight excluding hydrogens is 244 g/mol. The number of rotatable bonds is 3. The largest absolute Gasteiger partial charge is 0.323 e. The van der Waals surface area contributed by atoms with Crippen LogP contribution in [0.2, 0.25) is 0 Å². The van der Waals surface area contributed by atoms with Gasteiger partial charge in [0, 0.05) is 6.04 Å². The molecular formula is C15H19ClN2. The van der Waals surface area contributed by atoms with Crippen LogP contribution in [0.3, 0.4) is 0 Å². The Bertz CT molecular complexity index is 585. The predicted octanol–water partition coefficient (Wildman–Crippen LogP) is 4.62. The van der Waals surface area contributed by atoms with Crippen molar-refractivity contribution in [2.24, 2.45) is 5.92 Å². The van der Waals surface area contributed by atoms with E-state index in [0.717, 1.165) is 17.3 Å². The molecule has 2 aromatic rings. The number of fused-ring (bicyclic) bond motifs is 1. The molecule has 3 heteroatoms. The Hall–Kier alpha value is -1.02. The predicted molar refractivity (Wildman–Crippen MR) is 76.2 cm³/mol. The number of nitrogens with zero attached hydrogens (tertiary/aromatic N) is 2. The minimum atomic E-state index is -0.0317. The zero-order chi connectivity index (χ0) is 12.9. The SMILES string of the molecule is CCC1CC1n1c(C(C)Cl)nc2cc(C)ccc21. The molecule has 3 rings (SSSR count). The van der Waals surface area contributed by atoms with E-state index in [-0.39, 0.29) is 5.38 Å². The normalized spacial score (nSPS) is 24.4. The molecule has 96 valence electrons. The molecule has 0 N–H and O–H groups in total. The zero-order valence-corrected chi connectivity index (χ0v) is 11.9. The van der Waals surface area contributed by atoms with Crippen LogP contribution in [0, 0.1) is 12.8 Å². The second-order valence-electron chi connectivity index (χ2n) is 5.42. The molecule has 18 heavy (non-hydrogen) atoms. The van der Waals surface area contributed by atoms with Gasteiger partial charge < -0.3 is 4.57 Å². The minimum Gasteiger partial charge on any atom is -0.323 e. The number of alkyl halides is 1. The maximum atomic E-state index is 6.30. The Morgan fingerprint density at radius 2 is 2.28 bits per heavy atom. The molecule has 0 saturated heterocycles. The molecule has 0 spiro atoms. The van der Waals surface area contributed by atoms with Gasteiger partial charge >= 0.3 is 0 Å². The highest BCUT2D eigenvalue weighted by Gasteiger charge is 2.39. The number of benzene rings is 1. The van der Waals surface area contributed by atoms with Gasteiger partial charge in [-0.2, -0.15) is 0 Å². The smallest absolute Gasteiger partial charge is 0.127 e. The van der Waals surface area contributed by atoms with Crippen molar-refractivity contribution < 1.29 is 0 Å². The van der Waals surface area contributed by atoms with Crippen molar-refractivity contribution in [1.82, 2.24) is 9.55 Å². The highest BCUT2D eigenvalue weighted by Crippen LogP contribution is 2.48. The van der Waals surface area contributed by atoms with Gasteiger partial charge in [0.15, 0.2) is 0 Å². The Morgan fingerprint density at radius 1 is 1.50 bits per heavy atom. The number of aromatic nitrogens is 2. The lowest BCUT2D eigenvalue weighted by molar-refractivity contribution is 0.624. The van der Waals surface area contributed by atoms with Crippen molar-refractivity contribution in [3.63, 3.8) is 0 Å². The quantitative estimate of drug-likeness (QED) is 0.739. The Labute approximate surface area is 113 Å². The van der Waals surface area contributed by atoms with Gasteiger partial charge in [-0.15, -0.1) is 11.6 Å². The molecule has 1 heterocycles. The lowest BCUT2D eigenvalue weighted by Crippen LogP contribution is -2.03. The Balaban J connectivity index is 2.17. The summed E-state index contributed by atoms with van der Waals surface area (Å²) in [7, 11) is 0. The summed E-state index contributed by atoms with van der Waals surface area (Å²) in [6, 6.07) is 7.11. The molecule has 1 aromatic heterocycles. The molecule has 0 bridgehead atoms. The van der Waals surface area contributed by atoms with E-state index in [9.17, 15) is 0 Å². The standard InChI is InChI=1S/C15H19ClN2/c1-4-11-8-14(11)18-13-6-5-9(2)7-12(13)17-15(18)10(3)16/h5-7,10-11,14H,4,8H2,1-3H3. The third kappa shape index (κ3) is 1.83. The van der Waals surface area contributed by atoms with E-state index in [1.54, 1.807) is 0 Å². The van der Waals surface area contributed by atoms with Gasteiger partial charge in [-0.1, -0.05) is 19.4 Å². The van der Waals surface area contributed by atoms with E-state index in [4.69, 9.17) is 16.6 Å². The highest BCUT2D eigenvalue weighted by molar-refractivity contribution is 6.20. The minimum absolute atomic E-state index is 0.0317. The van der Waals surface area contributed by atoms with Crippen LogP contribution in [-0.2, 0) is 0 Å². The van der Waals surface area contributed by atoms with Crippen LogP contribution >= 0.6 is 11.6 Å². The van der Waals surface area contributed by atoms with Gasteiger partial charge in [-0.25, -0.2) is 4.98 Å². The molecule has 0 radical (unpaired) electrons. The maximum absolute atomic E-state index is 6.30. The zero-order valence-electron chi connectivity index (χ0n) is 11.2. The number of halogens is 1. The first kappa shape index (κ1) is 12.0. The molecule has 1 saturated carbocycles. The van der Waals surface area contributed by atoms with Crippen molar-refractivity contribution in [1.29, 1.82) is 0 Å². The number of hydrogen-bond donors (Lipinski definition) is 0. The molecule has 1 aromatic carbocycles. The Kier molecular flexibility index (Phi) is 2.86. The van der Waals surface area contributed by atoms with Crippen molar-refractivity contribution in [3.8, 4) is 0 Å². The van der Waals surface area contributed by atoms with Crippen LogP contribution in [0.1, 0.15) is 49.5 Å². The summed E-state index contributed by atoms with van der Waals surface area (Å²) in [5, 5.41) is -0.0317. The number of hydrogen-bond acceptors (Lipinski definition) is 1. The average Bonchev–Trinajstić information content (AvgIpc) is 3.01. The van der Waals surface area contributed by atoms with Crippen LogP contribution in [-0.4, -0.2) is 9.55 Å². The summed E-state index contributed by atoms with van der Waals surface area (Å²) < 4.78 is 2.38. The lowest BCUT2D eigenvalue weighted by Gasteiger charge is -2.10. The van der Waals surface area contributed by atoms with Crippen molar-refractivity contribution in [3.05, 3.63) is 29.6 Å². The first-order chi connectivity index (χ1) is 8.61. The molecule has 1 fully saturated rings. The van der Waals surface area contributed by atoms with E-state index < -0.39 is 0 Å². The molecule has 2 nitrogen and oxygen atoms in total. The van der Waals surface area contributed by atoms with Crippen LogP contribution in [0.15, 0.2) is 18.2 Å². The van der Waals surface area contributed by atoms with Crippen LogP contribution in [0.5, 0.6) is 0 Å². The molecule has 1 aliphatic rings. The second kappa shape index (κ2) is 4.27. The molecule has 1 aliphatic carbocycles. The number of aryl methyl sites for hydroxylation is 1. The fourth-order valence-electron chi connectivity index (χ4n) is 2.84. The van der Waals surface area contributed by atoms with E-state index in [2.05, 4.69) is 36.6 Å². The average molecular weight is 263 g/mol. The van der Waals surface area contributed by atoms with Gasteiger partial charge in [0.25, 0.3) is 0 Å². The third-order valence-corrected chi connectivity index (χ3v) is 4.16. The fourth-order valence-corrected chi connectivity index (χ4v) is 3.00. The van der Waals surface area contributed by atoms with Crippen molar-refractivity contribution in [2.75, 3.05) is 0 Å². The second-order valence-corrected chi connectivity index (χ2v) is 6.07. The highest BCUT2D eigenvalue weighted by atomic mass is 35.5. The molecule has 3 atom stereocenters. The van der Waals surface area contributed by atoms with Crippen LogP contribution in [0.25, 0.3) is 11.0 Å². The Morgan fingerprint density at radius 3 is 2.89 bits per heavy atom. The summed E-state index contributed by atoms with van der Waals surface area (Å²) in [6.07, 6.45) is 2.51. The number of imidazole rings is 1. The van der Waals surface area contributed by atoms with E-state index >= 15 is 0 Å². The van der Waals surface area contributed by atoms with E-state index in [0.29, 0.717) is 6.04 Å². The summed E-state index contributed by atoms with van der Waals surface area (Å²) in [5.74, 6) is 1.83. The summed E-state index contributed by atoms with van der Waals surface area (Å²) in [5.41, 5.74) is 3.58. The van der Waals surface area contributed by atoms with Crippen LogP contribution < -0.4 is 0 Å². The van der Waals surface area contributed by atoms with Gasteiger partial charge in [0.05, 0.1) is 16.4 Å². The summed E-state index contributed by atoms with van der Waals surface area (Å²) in [4.78, 5) is 4.73. The van der Waals surface area contributed by atoms with Gasteiger partial charge in [0.2, 0.25) is 0 Å². The fraction of sp³-hybridized carbons (Fsp3) is 0.533. The topological polar surface area (TPSA) is 17.8 Å². The third-order valence-electron chi connectivity index (χ3n) is 3.97. The molecule has 0 aliphatic heterocycles. The molecule has 0 amide bonds. The monoisotopic (exact) mass is 262 g/mol. The van der Waals surface area contributed by atoms with E-state index in [1.165, 1.54) is 23.9 Å². The van der Waals surface area contributed by atoms with Gasteiger partial charge in [-0.05, 0) is 43.9 Å². The van der Waals surface area contributed by atoms with Gasteiger partial charge in [0.1, 0.15) is 5.82 Å². The van der Waals surface area contributed by atoms with Crippen molar-refractivity contribution in [2.45, 2.75) is 45.0 Å². The van der Waals surface area contributed by atoms with E-state index in [1.807, 2.05) is 6.92 Å².